The minimum Gasteiger partial charge on any atom is -0.484 e. The topological polar surface area (TPSA) is 75.7 Å². The zero-order valence-electron chi connectivity index (χ0n) is 14.0. The van der Waals surface area contributed by atoms with Crippen LogP contribution in [0, 0.1) is 0 Å². The van der Waals surface area contributed by atoms with Gasteiger partial charge in [0, 0.05) is 13.1 Å². The normalized spacial score (nSPS) is 15.0. The van der Waals surface area contributed by atoms with Gasteiger partial charge in [0.15, 0.2) is 6.61 Å². The third-order valence-electron chi connectivity index (χ3n) is 4.04. The SMILES string of the molecule is O=C(COc1ccc(S(=O)(=O)N2CCCC2)cc1)Nc1ccccc1Cl. The summed E-state index contributed by atoms with van der Waals surface area (Å²) in [6.45, 7) is 0.912. The summed E-state index contributed by atoms with van der Waals surface area (Å²) < 4.78 is 31.8. The summed E-state index contributed by atoms with van der Waals surface area (Å²) in [6, 6.07) is 13.0. The first-order chi connectivity index (χ1) is 12.5. The number of nitrogens with zero attached hydrogens (tertiary/aromatic N) is 1. The molecular weight excluding hydrogens is 376 g/mol. The van der Waals surface area contributed by atoms with Crippen molar-refractivity contribution in [3.63, 3.8) is 0 Å². The molecule has 2 aromatic carbocycles. The highest BCUT2D eigenvalue weighted by Crippen LogP contribution is 2.23. The molecule has 1 N–H and O–H groups in total. The standard InChI is InChI=1S/C18H19ClN2O4S/c19-16-5-1-2-6-17(16)20-18(22)13-25-14-7-9-15(10-8-14)26(23,24)21-11-3-4-12-21/h1-2,5-10H,3-4,11-13H2,(H,20,22). The van der Waals surface area contributed by atoms with Crippen molar-refractivity contribution in [1.29, 1.82) is 0 Å². The number of ether oxygens (including phenoxy) is 1. The summed E-state index contributed by atoms with van der Waals surface area (Å²) in [5.41, 5.74) is 0.509. The third-order valence-corrected chi connectivity index (χ3v) is 6.29. The van der Waals surface area contributed by atoms with Crippen molar-refractivity contribution in [3.05, 3.63) is 53.6 Å². The van der Waals surface area contributed by atoms with Crippen molar-refractivity contribution in [2.45, 2.75) is 17.7 Å². The van der Waals surface area contributed by atoms with Crippen LogP contribution >= 0.6 is 11.6 Å². The van der Waals surface area contributed by atoms with E-state index in [1.54, 1.807) is 36.4 Å². The first-order valence-electron chi connectivity index (χ1n) is 8.24. The van der Waals surface area contributed by atoms with Gasteiger partial charge in [-0.3, -0.25) is 4.79 Å². The second kappa shape index (κ2) is 8.07. The zero-order valence-corrected chi connectivity index (χ0v) is 15.6. The Kier molecular flexibility index (Phi) is 5.80. The first-order valence-corrected chi connectivity index (χ1v) is 10.1. The summed E-state index contributed by atoms with van der Waals surface area (Å²) in [5, 5.41) is 3.10. The van der Waals surface area contributed by atoms with E-state index in [4.69, 9.17) is 16.3 Å². The fraction of sp³-hybridized carbons (Fsp3) is 0.278. The molecular formula is C18H19ClN2O4S. The third kappa shape index (κ3) is 4.35. The number of halogens is 1. The van der Waals surface area contributed by atoms with Crippen LogP contribution in [0.15, 0.2) is 53.4 Å². The second-order valence-corrected chi connectivity index (χ2v) is 8.24. The lowest BCUT2D eigenvalue weighted by Gasteiger charge is -2.15. The van der Waals surface area contributed by atoms with Gasteiger partial charge in [-0.05, 0) is 49.2 Å². The highest BCUT2D eigenvalue weighted by atomic mass is 35.5. The Morgan fingerprint density at radius 2 is 1.73 bits per heavy atom. The van der Waals surface area contributed by atoms with Gasteiger partial charge in [0.1, 0.15) is 5.75 Å². The molecule has 1 aliphatic heterocycles. The Hall–Kier alpha value is -2.09. The number of carbonyl (C=O) groups excluding carboxylic acids is 1. The largest absolute Gasteiger partial charge is 0.484 e. The molecule has 2 aromatic rings. The van der Waals surface area contributed by atoms with Crippen molar-refractivity contribution in [2.75, 3.05) is 25.0 Å². The van der Waals surface area contributed by atoms with Crippen LogP contribution < -0.4 is 10.1 Å². The number of hydrogen-bond donors (Lipinski definition) is 1. The monoisotopic (exact) mass is 394 g/mol. The second-order valence-electron chi connectivity index (χ2n) is 5.90. The van der Waals surface area contributed by atoms with E-state index in [0.717, 1.165) is 12.8 Å². The maximum Gasteiger partial charge on any atom is 0.262 e. The maximum absolute atomic E-state index is 12.5. The van der Waals surface area contributed by atoms with E-state index in [2.05, 4.69) is 5.32 Å². The van der Waals surface area contributed by atoms with Gasteiger partial charge in [-0.1, -0.05) is 23.7 Å². The minimum absolute atomic E-state index is 0.205. The van der Waals surface area contributed by atoms with Crippen LogP contribution in [0.1, 0.15) is 12.8 Å². The number of sulfonamides is 1. The molecule has 0 unspecified atom stereocenters. The minimum atomic E-state index is -3.45. The highest BCUT2D eigenvalue weighted by molar-refractivity contribution is 7.89. The van der Waals surface area contributed by atoms with Gasteiger partial charge in [-0.15, -0.1) is 0 Å². The molecule has 0 aromatic heterocycles. The highest BCUT2D eigenvalue weighted by Gasteiger charge is 2.26. The van der Waals surface area contributed by atoms with Gasteiger partial charge in [0.2, 0.25) is 10.0 Å². The summed E-state index contributed by atoms with van der Waals surface area (Å²) in [7, 11) is -3.45. The number of nitrogens with one attached hydrogen (secondary N) is 1. The molecule has 0 aliphatic carbocycles. The smallest absolute Gasteiger partial charge is 0.262 e. The maximum atomic E-state index is 12.5. The molecule has 1 saturated heterocycles. The molecule has 1 aliphatic rings. The van der Waals surface area contributed by atoms with E-state index < -0.39 is 10.0 Å². The lowest BCUT2D eigenvalue weighted by atomic mass is 10.3. The van der Waals surface area contributed by atoms with E-state index in [9.17, 15) is 13.2 Å². The Morgan fingerprint density at radius 1 is 1.08 bits per heavy atom. The predicted molar refractivity (Wildman–Crippen MR) is 100 cm³/mol. The van der Waals surface area contributed by atoms with E-state index in [1.165, 1.54) is 16.4 Å². The molecule has 1 heterocycles. The van der Waals surface area contributed by atoms with Gasteiger partial charge < -0.3 is 10.1 Å². The molecule has 6 nitrogen and oxygen atoms in total. The van der Waals surface area contributed by atoms with Gasteiger partial charge in [-0.2, -0.15) is 4.31 Å². The van der Waals surface area contributed by atoms with Crippen LogP contribution in [-0.4, -0.2) is 38.3 Å². The van der Waals surface area contributed by atoms with Gasteiger partial charge in [0.25, 0.3) is 5.91 Å². The zero-order chi connectivity index (χ0) is 18.6. The van der Waals surface area contributed by atoms with Gasteiger partial charge in [0.05, 0.1) is 15.6 Å². The number of benzene rings is 2. The van der Waals surface area contributed by atoms with Crippen molar-refractivity contribution >= 4 is 33.2 Å². The molecule has 0 radical (unpaired) electrons. The molecule has 0 atom stereocenters. The van der Waals surface area contributed by atoms with Crippen molar-refractivity contribution < 1.29 is 17.9 Å². The average molecular weight is 395 g/mol. The van der Waals surface area contributed by atoms with Crippen LogP contribution in [0.4, 0.5) is 5.69 Å². The van der Waals surface area contributed by atoms with Crippen molar-refractivity contribution in [2.24, 2.45) is 0 Å². The number of carbonyl (C=O) groups is 1. The molecule has 1 amide bonds. The molecule has 0 saturated carbocycles. The molecule has 26 heavy (non-hydrogen) atoms. The van der Waals surface area contributed by atoms with Crippen LogP contribution in [0.25, 0.3) is 0 Å². The van der Waals surface area contributed by atoms with Crippen LogP contribution in [0.3, 0.4) is 0 Å². The Bertz CT molecular complexity index is 878. The van der Waals surface area contributed by atoms with Crippen LogP contribution in [-0.2, 0) is 14.8 Å². The van der Waals surface area contributed by atoms with Gasteiger partial charge >= 0.3 is 0 Å². The number of amides is 1. The van der Waals surface area contributed by atoms with E-state index in [1.807, 2.05) is 0 Å². The Labute approximate surface area is 157 Å². The average Bonchev–Trinajstić information content (AvgIpc) is 3.18. The lowest BCUT2D eigenvalue weighted by molar-refractivity contribution is -0.118. The van der Waals surface area contributed by atoms with Crippen LogP contribution in [0.2, 0.25) is 5.02 Å². The number of para-hydroxylation sites is 1. The van der Waals surface area contributed by atoms with E-state index >= 15 is 0 Å². The number of hydrogen-bond acceptors (Lipinski definition) is 4. The van der Waals surface area contributed by atoms with Gasteiger partial charge in [-0.25, -0.2) is 8.42 Å². The van der Waals surface area contributed by atoms with E-state index in [0.29, 0.717) is 29.5 Å². The molecule has 3 rings (SSSR count). The summed E-state index contributed by atoms with van der Waals surface area (Å²) in [6.07, 6.45) is 1.78. The quantitative estimate of drug-likeness (QED) is 0.816. The van der Waals surface area contributed by atoms with Crippen LogP contribution in [0.5, 0.6) is 5.75 Å². The molecule has 8 heteroatoms. The number of rotatable bonds is 6. The summed E-state index contributed by atoms with van der Waals surface area (Å²) in [5.74, 6) is 0.0616. The number of anilines is 1. The Morgan fingerprint density at radius 3 is 2.38 bits per heavy atom. The van der Waals surface area contributed by atoms with Crippen molar-refractivity contribution in [1.82, 2.24) is 4.31 Å². The molecule has 0 spiro atoms. The first kappa shape index (κ1) is 18.7. The molecule has 0 bridgehead atoms. The molecule has 138 valence electrons. The van der Waals surface area contributed by atoms with Crippen molar-refractivity contribution in [3.8, 4) is 5.75 Å². The lowest BCUT2D eigenvalue weighted by Crippen LogP contribution is -2.27. The fourth-order valence-electron chi connectivity index (χ4n) is 2.68. The molecule has 1 fully saturated rings. The Balaban J connectivity index is 1.57. The summed E-state index contributed by atoms with van der Waals surface area (Å²) >= 11 is 5.98. The fourth-order valence-corrected chi connectivity index (χ4v) is 4.38. The predicted octanol–water partition coefficient (Wildman–Crippen LogP) is 3.14. The summed E-state index contributed by atoms with van der Waals surface area (Å²) in [4.78, 5) is 12.2. The van der Waals surface area contributed by atoms with E-state index in [-0.39, 0.29) is 17.4 Å².